The van der Waals surface area contributed by atoms with Crippen LogP contribution in [0.15, 0.2) is 0 Å². The van der Waals surface area contributed by atoms with Gasteiger partial charge in [0, 0.05) is 0 Å². The predicted octanol–water partition coefficient (Wildman–Crippen LogP) is -3.49. The Morgan fingerprint density at radius 3 is 2.25 bits per heavy atom. The van der Waals surface area contributed by atoms with Crippen molar-refractivity contribution in [2.75, 3.05) is 7.11 Å². The molecular formula is CH5INO-. The van der Waals surface area contributed by atoms with Gasteiger partial charge in [-0.25, -0.2) is 0 Å². The molecule has 0 bridgehead atoms. The first-order chi connectivity index (χ1) is 1.91. The first kappa shape index (κ1) is 4.65. The molecule has 0 fully saturated rings. The van der Waals surface area contributed by atoms with Gasteiger partial charge < -0.3 is 0 Å². The molecule has 0 radical (unpaired) electrons. The predicted molar refractivity (Wildman–Crippen MR) is 11.2 cm³/mol. The van der Waals surface area contributed by atoms with Gasteiger partial charge in [0.25, 0.3) is 0 Å². The summed E-state index contributed by atoms with van der Waals surface area (Å²) in [5, 5.41) is 0. The Labute approximate surface area is 36.5 Å². The molecule has 0 unspecified atom stereocenters. The summed E-state index contributed by atoms with van der Waals surface area (Å²) in [6, 6.07) is 0. The number of hydrogen-bond acceptors (Lipinski definition) is 2. The molecule has 0 aromatic carbocycles. The zero-order valence-electron chi connectivity index (χ0n) is 2.36. The maximum atomic E-state index is 4.92. The van der Waals surface area contributed by atoms with Gasteiger partial charge in [0.05, 0.1) is 0 Å². The molecule has 4 heavy (non-hydrogen) atoms. The molecule has 3 heteroatoms. The zero-order chi connectivity index (χ0) is 3.41. The van der Waals surface area contributed by atoms with Crippen molar-refractivity contribution in [2.24, 2.45) is 3.95 Å². The number of rotatable bonds is 1. The van der Waals surface area contributed by atoms with E-state index >= 15 is 0 Å². The van der Waals surface area contributed by atoms with E-state index in [0.29, 0.717) is 0 Å². The van der Waals surface area contributed by atoms with E-state index in [1.54, 1.807) is 7.11 Å². The average Bonchev–Trinajstić information content (AvgIpc) is 1.37. The van der Waals surface area contributed by atoms with E-state index in [4.69, 9.17) is 3.95 Å². The third-order valence-corrected chi connectivity index (χ3v) is 0.598. The molecule has 0 saturated heterocycles. The van der Waals surface area contributed by atoms with Crippen molar-refractivity contribution in [2.45, 2.75) is 0 Å². The molecule has 0 aliphatic carbocycles. The van der Waals surface area contributed by atoms with Gasteiger partial charge in [0.1, 0.15) is 0 Å². The summed E-state index contributed by atoms with van der Waals surface area (Å²) in [6.07, 6.45) is 0. The van der Waals surface area contributed by atoms with E-state index < -0.39 is 0 Å². The topological polar surface area (TPSA) is 35.2 Å². The first-order valence-corrected chi connectivity index (χ1v) is 2.91. The van der Waals surface area contributed by atoms with Gasteiger partial charge in [-0.3, -0.25) is 0 Å². The summed E-state index contributed by atoms with van der Waals surface area (Å²) in [5.41, 5.74) is 0. The Kier molecular flexibility index (Phi) is 4.24. The van der Waals surface area contributed by atoms with Crippen LogP contribution in [-0.4, -0.2) is 7.11 Å². The van der Waals surface area contributed by atoms with Crippen LogP contribution in [0.25, 0.3) is 0 Å². The summed E-state index contributed by atoms with van der Waals surface area (Å²) in [4.78, 5) is 0. The van der Waals surface area contributed by atoms with Gasteiger partial charge in [-0.15, -0.1) is 0 Å². The van der Waals surface area contributed by atoms with Crippen molar-refractivity contribution in [3.05, 3.63) is 0 Å². The van der Waals surface area contributed by atoms with Gasteiger partial charge in [-0.1, -0.05) is 0 Å². The van der Waals surface area contributed by atoms with Crippen molar-refractivity contribution in [1.82, 2.24) is 0 Å². The molecule has 0 atom stereocenters. The van der Waals surface area contributed by atoms with E-state index in [1.165, 1.54) is 0 Å². The average molecular weight is 174 g/mol. The van der Waals surface area contributed by atoms with Crippen LogP contribution in [0.2, 0.25) is 0 Å². The molecule has 0 amide bonds. The maximum absolute atomic E-state index is 4.92. The second-order valence-electron chi connectivity index (χ2n) is 0.243. The van der Waals surface area contributed by atoms with E-state index in [0.717, 1.165) is 0 Å². The van der Waals surface area contributed by atoms with Crippen molar-refractivity contribution in [3.8, 4) is 0 Å². The van der Waals surface area contributed by atoms with Crippen LogP contribution in [0.1, 0.15) is 0 Å². The molecule has 2 N–H and O–H groups in total. The second-order valence-corrected chi connectivity index (χ2v) is 1.63. The van der Waals surface area contributed by atoms with Crippen LogP contribution in [0.5, 0.6) is 0 Å². The fourth-order valence-electron chi connectivity index (χ4n) is 0. The summed E-state index contributed by atoms with van der Waals surface area (Å²) in [5.74, 6) is 0. The van der Waals surface area contributed by atoms with E-state index in [1.807, 2.05) is 0 Å². The summed E-state index contributed by atoms with van der Waals surface area (Å²) < 4.78 is 9.34. The Morgan fingerprint density at radius 1 is 2.00 bits per heavy atom. The summed E-state index contributed by atoms with van der Waals surface area (Å²) in [7, 11) is 1.60. The molecule has 0 heterocycles. The summed E-state index contributed by atoms with van der Waals surface area (Å²) >= 11 is -0.389. The Hall–Kier alpha value is 0.650. The minimum absolute atomic E-state index is 0.389. The molecular weight excluding hydrogens is 169 g/mol. The van der Waals surface area contributed by atoms with Crippen LogP contribution in [0, 0.1) is 0 Å². The van der Waals surface area contributed by atoms with Crippen molar-refractivity contribution >= 4 is 0 Å². The monoisotopic (exact) mass is 174 g/mol. The SMILES string of the molecule is CO[I-]N. The van der Waals surface area contributed by atoms with Crippen molar-refractivity contribution < 1.29 is 25.0 Å². The van der Waals surface area contributed by atoms with E-state index in [9.17, 15) is 0 Å². The van der Waals surface area contributed by atoms with Gasteiger partial charge in [0.15, 0.2) is 0 Å². The fraction of sp³-hybridized carbons (Fsp3) is 1.00. The number of hydrogen-bond donors (Lipinski definition) is 1. The fourth-order valence-corrected chi connectivity index (χ4v) is 0. The third-order valence-electron chi connectivity index (χ3n) is 0.0891. The van der Waals surface area contributed by atoms with Crippen LogP contribution >= 0.6 is 0 Å². The molecule has 28 valence electrons. The first-order valence-electron chi connectivity index (χ1n) is 0.781. The number of halogens is 1. The molecule has 0 spiro atoms. The zero-order valence-corrected chi connectivity index (χ0v) is 4.52. The Balaban J connectivity index is 1.97. The van der Waals surface area contributed by atoms with Crippen LogP contribution in [0.4, 0.5) is 0 Å². The number of nitrogens with two attached hydrogens (primary N) is 1. The molecule has 0 aromatic heterocycles. The van der Waals surface area contributed by atoms with Gasteiger partial charge in [0.2, 0.25) is 0 Å². The van der Waals surface area contributed by atoms with Crippen LogP contribution < -0.4 is 25.8 Å². The Morgan fingerprint density at radius 2 is 2.25 bits per heavy atom. The van der Waals surface area contributed by atoms with Crippen molar-refractivity contribution in [1.29, 1.82) is 0 Å². The van der Waals surface area contributed by atoms with Gasteiger partial charge in [-0.2, -0.15) is 0 Å². The van der Waals surface area contributed by atoms with Crippen LogP contribution in [-0.2, 0) is 3.07 Å². The van der Waals surface area contributed by atoms with Crippen LogP contribution in [0.3, 0.4) is 0 Å². The molecule has 0 saturated carbocycles. The van der Waals surface area contributed by atoms with Gasteiger partial charge >= 0.3 is 36.0 Å². The van der Waals surface area contributed by atoms with Crippen molar-refractivity contribution in [3.63, 3.8) is 0 Å². The summed E-state index contributed by atoms with van der Waals surface area (Å²) in [6.45, 7) is 0. The second kappa shape index (κ2) is 3.65. The molecule has 0 aliphatic heterocycles. The third kappa shape index (κ3) is 2.65. The normalized spacial score (nSPS) is 8.50. The molecule has 0 aromatic rings. The van der Waals surface area contributed by atoms with Gasteiger partial charge in [-0.05, 0) is 0 Å². The van der Waals surface area contributed by atoms with E-state index in [2.05, 4.69) is 3.07 Å². The Bertz CT molecular complexity index is 10.0. The van der Waals surface area contributed by atoms with E-state index in [-0.39, 0.29) is 21.9 Å². The standard InChI is InChI=1S/CH5INO/c1-4-2-3/h3H2,1H3/q-1. The molecule has 2 nitrogen and oxygen atoms in total. The molecule has 0 aliphatic rings. The molecule has 0 rings (SSSR count). The quantitative estimate of drug-likeness (QED) is 0.331. The minimum atomic E-state index is -0.389.